The zero-order valence-corrected chi connectivity index (χ0v) is 14.8. The zero-order chi connectivity index (χ0) is 17.0. The van der Waals surface area contributed by atoms with Gasteiger partial charge in [-0.3, -0.25) is 10.1 Å². The van der Waals surface area contributed by atoms with E-state index in [0.717, 1.165) is 28.9 Å². The molecule has 0 bridgehead atoms. The summed E-state index contributed by atoms with van der Waals surface area (Å²) in [6.45, 7) is 0. The van der Waals surface area contributed by atoms with Gasteiger partial charge in [-0.05, 0) is 30.7 Å². The molecule has 1 unspecified atom stereocenters. The van der Waals surface area contributed by atoms with E-state index >= 15 is 0 Å². The summed E-state index contributed by atoms with van der Waals surface area (Å²) in [5.74, 6) is 1.76. The first-order valence-corrected chi connectivity index (χ1v) is 10.0. The fraction of sp³-hybridized carbons (Fsp3) is 0.467. The topological polar surface area (TPSA) is 90.2 Å². The van der Waals surface area contributed by atoms with Crippen LogP contribution in [0, 0.1) is 10.1 Å². The lowest BCUT2D eigenvalue weighted by Crippen LogP contribution is -2.31. The van der Waals surface area contributed by atoms with Crippen LogP contribution in [0.15, 0.2) is 32.1 Å². The van der Waals surface area contributed by atoms with E-state index in [2.05, 4.69) is 25.3 Å². The van der Waals surface area contributed by atoms with Gasteiger partial charge in [0.1, 0.15) is 15.7 Å². The molecule has 5 rings (SSSR count). The van der Waals surface area contributed by atoms with Gasteiger partial charge in [0.05, 0.1) is 6.07 Å². The molecule has 0 N–H and O–H groups in total. The Hall–Kier alpha value is -1.94. The summed E-state index contributed by atoms with van der Waals surface area (Å²) in [5, 5.41) is 25.7. The maximum absolute atomic E-state index is 10.9. The molecular weight excluding hydrogens is 362 g/mol. The second-order valence-electron chi connectivity index (χ2n) is 6.31. The number of hydrogen-bond acceptors (Lipinski definition) is 8. The van der Waals surface area contributed by atoms with Crippen molar-refractivity contribution in [2.45, 2.75) is 48.6 Å². The van der Waals surface area contributed by atoms with Crippen LogP contribution in [0.3, 0.4) is 0 Å². The van der Waals surface area contributed by atoms with E-state index in [1.54, 1.807) is 29.6 Å². The fourth-order valence-corrected chi connectivity index (χ4v) is 5.82. The monoisotopic (exact) mass is 377 g/mol. The van der Waals surface area contributed by atoms with Crippen LogP contribution in [-0.4, -0.2) is 19.8 Å². The molecule has 10 heteroatoms. The Balaban J connectivity index is 1.51. The number of furan rings is 1. The highest BCUT2D eigenvalue weighted by Crippen LogP contribution is 2.52. The van der Waals surface area contributed by atoms with Gasteiger partial charge in [0.25, 0.3) is 0 Å². The molecule has 130 valence electrons. The van der Waals surface area contributed by atoms with Gasteiger partial charge < -0.3 is 4.42 Å². The van der Waals surface area contributed by atoms with E-state index in [9.17, 15) is 10.1 Å². The van der Waals surface area contributed by atoms with Crippen molar-refractivity contribution in [3.8, 4) is 0 Å². The van der Waals surface area contributed by atoms with E-state index < -0.39 is 4.92 Å². The Morgan fingerprint density at radius 2 is 2.08 bits per heavy atom. The fourth-order valence-electron chi connectivity index (χ4n) is 3.64. The molecule has 0 radical (unpaired) electrons. The van der Waals surface area contributed by atoms with Gasteiger partial charge in [0.15, 0.2) is 11.2 Å². The van der Waals surface area contributed by atoms with E-state index in [-0.39, 0.29) is 11.3 Å². The first kappa shape index (κ1) is 15.3. The standard InChI is InChI=1S/C15H15N5O3S2/c21-20(22)11-7-6-10(23-11)14-18-12(8-24-14)25-15-17-16-13(19(15)18)9-4-2-1-3-5-9/h6-9,14H,1-5H2. The van der Waals surface area contributed by atoms with E-state index in [4.69, 9.17) is 4.42 Å². The molecule has 0 aromatic carbocycles. The largest absolute Gasteiger partial charge is 0.433 e. The van der Waals surface area contributed by atoms with Crippen LogP contribution in [0.5, 0.6) is 0 Å². The third-order valence-corrected chi connectivity index (χ3v) is 6.95. The number of nitro groups is 1. The predicted molar refractivity (Wildman–Crippen MR) is 93.7 cm³/mol. The summed E-state index contributed by atoms with van der Waals surface area (Å²) in [7, 11) is 0. The van der Waals surface area contributed by atoms with Crippen molar-refractivity contribution in [1.29, 1.82) is 0 Å². The van der Waals surface area contributed by atoms with Crippen molar-refractivity contribution >= 4 is 29.4 Å². The van der Waals surface area contributed by atoms with Crippen LogP contribution < -0.4 is 5.01 Å². The first-order chi connectivity index (χ1) is 12.2. The number of thioether (sulfide) groups is 2. The quantitative estimate of drug-likeness (QED) is 0.583. The Labute approximate surface area is 151 Å². The summed E-state index contributed by atoms with van der Waals surface area (Å²) in [5.41, 5.74) is 0. The molecule has 4 heterocycles. The summed E-state index contributed by atoms with van der Waals surface area (Å²) in [6.07, 6.45) is 6.02. The zero-order valence-electron chi connectivity index (χ0n) is 13.2. The van der Waals surface area contributed by atoms with Crippen molar-refractivity contribution < 1.29 is 9.34 Å². The van der Waals surface area contributed by atoms with Crippen molar-refractivity contribution in [3.63, 3.8) is 0 Å². The van der Waals surface area contributed by atoms with Crippen molar-refractivity contribution in [1.82, 2.24) is 14.9 Å². The number of aromatic nitrogens is 3. The maximum atomic E-state index is 10.9. The lowest BCUT2D eigenvalue weighted by Gasteiger charge is -2.27. The minimum Gasteiger partial charge on any atom is -0.403 e. The molecule has 1 saturated carbocycles. The summed E-state index contributed by atoms with van der Waals surface area (Å²) in [4.78, 5) is 10.4. The van der Waals surface area contributed by atoms with Gasteiger partial charge in [-0.2, -0.15) is 0 Å². The van der Waals surface area contributed by atoms with Crippen LogP contribution in [-0.2, 0) is 0 Å². The van der Waals surface area contributed by atoms with Crippen molar-refractivity contribution in [3.05, 3.63) is 44.3 Å². The molecule has 2 aromatic rings. The maximum Gasteiger partial charge on any atom is 0.433 e. The Morgan fingerprint density at radius 3 is 2.84 bits per heavy atom. The molecule has 25 heavy (non-hydrogen) atoms. The molecule has 0 spiro atoms. The molecule has 2 aliphatic heterocycles. The Morgan fingerprint density at radius 1 is 1.24 bits per heavy atom. The average Bonchev–Trinajstić information content (AvgIpc) is 3.36. The van der Waals surface area contributed by atoms with E-state index in [1.807, 2.05) is 0 Å². The van der Waals surface area contributed by atoms with Gasteiger partial charge in [-0.1, -0.05) is 31.0 Å². The normalized spacial score (nSPS) is 22.8. The van der Waals surface area contributed by atoms with Gasteiger partial charge in [0, 0.05) is 11.3 Å². The van der Waals surface area contributed by atoms with Gasteiger partial charge >= 0.3 is 5.88 Å². The summed E-state index contributed by atoms with van der Waals surface area (Å²) < 4.78 is 7.54. The highest BCUT2D eigenvalue weighted by molar-refractivity contribution is 8.07. The molecule has 0 amide bonds. The van der Waals surface area contributed by atoms with E-state index in [0.29, 0.717) is 11.7 Å². The summed E-state index contributed by atoms with van der Waals surface area (Å²) >= 11 is 3.17. The first-order valence-electron chi connectivity index (χ1n) is 8.25. The van der Waals surface area contributed by atoms with Crippen LogP contribution in [0.25, 0.3) is 0 Å². The number of hydrogen-bond donors (Lipinski definition) is 0. The minimum atomic E-state index is -0.506. The highest BCUT2D eigenvalue weighted by Gasteiger charge is 2.42. The van der Waals surface area contributed by atoms with Crippen molar-refractivity contribution in [2.24, 2.45) is 0 Å². The van der Waals surface area contributed by atoms with Gasteiger partial charge in [-0.25, -0.2) is 9.69 Å². The third kappa shape index (κ3) is 2.38. The van der Waals surface area contributed by atoms with Gasteiger partial charge in [0.2, 0.25) is 5.16 Å². The smallest absolute Gasteiger partial charge is 0.403 e. The average molecular weight is 377 g/mol. The van der Waals surface area contributed by atoms with Crippen molar-refractivity contribution in [2.75, 3.05) is 5.01 Å². The second kappa shape index (κ2) is 5.80. The summed E-state index contributed by atoms with van der Waals surface area (Å²) in [6, 6.07) is 3.09. The molecule has 0 saturated heterocycles. The van der Waals surface area contributed by atoms with Crippen LogP contribution in [0.4, 0.5) is 5.88 Å². The number of nitrogens with zero attached hydrogens (tertiary/aromatic N) is 5. The van der Waals surface area contributed by atoms with Crippen LogP contribution in [0.1, 0.15) is 55.0 Å². The number of fused-ring (bicyclic) bond motifs is 3. The lowest BCUT2D eigenvalue weighted by atomic mass is 9.89. The molecule has 8 nitrogen and oxygen atoms in total. The molecule has 1 atom stereocenters. The molecule has 1 fully saturated rings. The Kier molecular flexibility index (Phi) is 3.56. The third-order valence-electron chi connectivity index (χ3n) is 4.80. The van der Waals surface area contributed by atoms with Crippen LogP contribution >= 0.6 is 23.5 Å². The molecule has 1 aliphatic carbocycles. The molecule has 3 aliphatic rings. The lowest BCUT2D eigenvalue weighted by molar-refractivity contribution is -0.402. The highest BCUT2D eigenvalue weighted by atomic mass is 32.2. The van der Waals surface area contributed by atoms with Gasteiger partial charge in [-0.15, -0.1) is 10.2 Å². The minimum absolute atomic E-state index is 0.171. The second-order valence-corrected chi connectivity index (χ2v) is 8.25. The molecule has 2 aromatic heterocycles. The number of rotatable bonds is 3. The predicted octanol–water partition coefficient (Wildman–Crippen LogP) is 4.12. The SMILES string of the molecule is O=[N+]([O-])c1ccc(C2SC=C3Sc4nnc(C5CCCCC5)n4N32)o1. The van der Waals surface area contributed by atoms with Crippen LogP contribution in [0.2, 0.25) is 0 Å². The molecular formula is C15H15N5O3S2. The van der Waals surface area contributed by atoms with E-state index in [1.165, 1.54) is 25.3 Å². The Bertz CT molecular complexity index is 870.